The van der Waals surface area contributed by atoms with E-state index in [-0.39, 0.29) is 5.72 Å². The molecule has 0 amide bonds. The molecule has 0 radical (unpaired) electrons. The molecule has 1 N–H and O–H groups in total. The first-order chi connectivity index (χ1) is 9.75. The van der Waals surface area contributed by atoms with E-state index in [1.165, 1.54) is 0 Å². The Kier molecular flexibility index (Phi) is 4.07. The average molecular weight is 296 g/mol. The molecular weight excluding hydrogens is 276 g/mol. The van der Waals surface area contributed by atoms with Gasteiger partial charge in [0.1, 0.15) is 22.5 Å². The fourth-order valence-electron chi connectivity index (χ4n) is 2.86. The van der Waals surface area contributed by atoms with E-state index in [1.54, 1.807) is 7.11 Å². The molecule has 5 nitrogen and oxygen atoms in total. The van der Waals surface area contributed by atoms with Gasteiger partial charge in [-0.15, -0.1) is 0 Å². The SMILES string of the molecule is COc1ccc(S(=O)N2CCOC23CCNCC3)cc1. The molecule has 1 atom stereocenters. The van der Waals surface area contributed by atoms with Crippen molar-refractivity contribution in [3.63, 3.8) is 0 Å². The number of piperidine rings is 1. The van der Waals surface area contributed by atoms with E-state index < -0.39 is 11.0 Å². The molecule has 2 aliphatic heterocycles. The third-order valence-corrected chi connectivity index (χ3v) is 5.56. The molecule has 6 heteroatoms. The standard InChI is InChI=1S/C14H20N2O3S/c1-18-12-2-4-13(5-3-12)20(17)16-10-11-19-14(16)6-8-15-9-7-14/h2-5,15H,6-11H2,1H3. The van der Waals surface area contributed by atoms with Gasteiger partial charge in [0.2, 0.25) is 0 Å². The summed E-state index contributed by atoms with van der Waals surface area (Å²) in [6.45, 7) is 3.20. The molecule has 0 bridgehead atoms. The summed E-state index contributed by atoms with van der Waals surface area (Å²) in [4.78, 5) is 0.800. The molecule has 0 aromatic heterocycles. The lowest BCUT2D eigenvalue weighted by Crippen LogP contribution is -2.52. The van der Waals surface area contributed by atoms with Crippen LogP contribution in [0.1, 0.15) is 12.8 Å². The highest BCUT2D eigenvalue weighted by Gasteiger charge is 2.46. The Balaban J connectivity index is 1.81. The lowest BCUT2D eigenvalue weighted by atomic mass is 10.0. The van der Waals surface area contributed by atoms with Crippen LogP contribution in [0.5, 0.6) is 5.75 Å². The zero-order chi connectivity index (χ0) is 14.0. The van der Waals surface area contributed by atoms with Crippen LogP contribution in [0.2, 0.25) is 0 Å². The Morgan fingerprint density at radius 3 is 2.65 bits per heavy atom. The van der Waals surface area contributed by atoms with Crippen LogP contribution in [-0.2, 0) is 15.7 Å². The van der Waals surface area contributed by atoms with Gasteiger partial charge in [-0.05, 0) is 37.4 Å². The van der Waals surface area contributed by atoms with Crippen molar-refractivity contribution in [1.82, 2.24) is 9.62 Å². The number of methoxy groups -OCH3 is 1. The third kappa shape index (κ3) is 2.48. The Morgan fingerprint density at radius 2 is 2.00 bits per heavy atom. The second-order valence-electron chi connectivity index (χ2n) is 5.07. The first-order valence-electron chi connectivity index (χ1n) is 6.93. The summed E-state index contributed by atoms with van der Waals surface area (Å²) in [5.41, 5.74) is -0.351. The van der Waals surface area contributed by atoms with Crippen molar-refractivity contribution in [3.05, 3.63) is 24.3 Å². The molecule has 2 fully saturated rings. The molecule has 20 heavy (non-hydrogen) atoms. The van der Waals surface area contributed by atoms with E-state index in [4.69, 9.17) is 9.47 Å². The number of ether oxygens (including phenoxy) is 2. The van der Waals surface area contributed by atoms with Crippen molar-refractivity contribution >= 4 is 11.0 Å². The van der Waals surface area contributed by atoms with Gasteiger partial charge < -0.3 is 14.8 Å². The van der Waals surface area contributed by atoms with Crippen molar-refractivity contribution in [2.75, 3.05) is 33.4 Å². The molecular formula is C14H20N2O3S. The summed E-state index contributed by atoms with van der Waals surface area (Å²) in [5.74, 6) is 0.778. The third-order valence-electron chi connectivity index (χ3n) is 3.97. The number of benzene rings is 1. The van der Waals surface area contributed by atoms with Gasteiger partial charge in [0, 0.05) is 19.4 Å². The van der Waals surface area contributed by atoms with Crippen LogP contribution in [0.25, 0.3) is 0 Å². The van der Waals surface area contributed by atoms with Gasteiger partial charge in [-0.25, -0.2) is 4.21 Å². The number of nitrogens with one attached hydrogen (secondary N) is 1. The van der Waals surface area contributed by atoms with Gasteiger partial charge >= 0.3 is 0 Å². The Labute approximate surface area is 121 Å². The molecule has 0 saturated carbocycles. The molecule has 2 aliphatic rings. The molecule has 2 saturated heterocycles. The van der Waals surface area contributed by atoms with Gasteiger partial charge in [0.25, 0.3) is 0 Å². The summed E-state index contributed by atoms with van der Waals surface area (Å²) in [6, 6.07) is 7.42. The van der Waals surface area contributed by atoms with E-state index in [0.29, 0.717) is 6.61 Å². The molecule has 110 valence electrons. The van der Waals surface area contributed by atoms with Gasteiger partial charge in [0.15, 0.2) is 0 Å². The minimum atomic E-state index is -1.18. The predicted octanol–water partition coefficient (Wildman–Crippen LogP) is 1.13. The zero-order valence-corrected chi connectivity index (χ0v) is 12.4. The van der Waals surface area contributed by atoms with E-state index in [0.717, 1.165) is 43.1 Å². The van der Waals surface area contributed by atoms with Crippen LogP contribution in [0, 0.1) is 0 Å². The summed E-state index contributed by atoms with van der Waals surface area (Å²) >= 11 is 0. The molecule has 0 aliphatic carbocycles. The van der Waals surface area contributed by atoms with Crippen LogP contribution < -0.4 is 10.1 Å². The highest BCUT2D eigenvalue weighted by molar-refractivity contribution is 7.82. The summed E-state index contributed by atoms with van der Waals surface area (Å²) in [7, 11) is 0.448. The average Bonchev–Trinajstić information content (AvgIpc) is 2.90. The van der Waals surface area contributed by atoms with Crippen LogP contribution in [0.3, 0.4) is 0 Å². The largest absolute Gasteiger partial charge is 0.497 e. The second-order valence-corrected chi connectivity index (χ2v) is 6.48. The minimum Gasteiger partial charge on any atom is -0.497 e. The van der Waals surface area contributed by atoms with Crippen molar-refractivity contribution in [1.29, 1.82) is 0 Å². The molecule has 1 aromatic carbocycles. The van der Waals surface area contributed by atoms with Crippen molar-refractivity contribution in [2.24, 2.45) is 0 Å². The highest BCUT2D eigenvalue weighted by atomic mass is 32.2. The number of nitrogens with zero attached hydrogens (tertiary/aromatic N) is 1. The van der Waals surface area contributed by atoms with E-state index >= 15 is 0 Å². The van der Waals surface area contributed by atoms with Gasteiger partial charge in [-0.1, -0.05) is 0 Å². The van der Waals surface area contributed by atoms with Crippen LogP contribution >= 0.6 is 0 Å². The quantitative estimate of drug-likeness (QED) is 0.908. The maximum Gasteiger partial charge on any atom is 0.135 e. The minimum absolute atomic E-state index is 0.351. The summed E-state index contributed by atoms with van der Waals surface area (Å²) in [6.07, 6.45) is 1.77. The Hall–Kier alpha value is -0.950. The summed E-state index contributed by atoms with van der Waals surface area (Å²) < 4.78 is 25.9. The lowest BCUT2D eigenvalue weighted by Gasteiger charge is -2.39. The monoisotopic (exact) mass is 296 g/mol. The van der Waals surface area contributed by atoms with Gasteiger partial charge in [-0.2, -0.15) is 4.31 Å². The molecule has 3 rings (SSSR count). The highest BCUT2D eigenvalue weighted by Crippen LogP contribution is 2.35. The van der Waals surface area contributed by atoms with E-state index in [9.17, 15) is 4.21 Å². The first-order valence-corrected chi connectivity index (χ1v) is 8.04. The number of rotatable bonds is 3. The van der Waals surface area contributed by atoms with Crippen LogP contribution in [-0.4, -0.2) is 47.6 Å². The maximum atomic E-state index is 12.8. The van der Waals surface area contributed by atoms with E-state index in [2.05, 4.69) is 5.32 Å². The molecule has 1 spiro atoms. The molecule has 1 unspecified atom stereocenters. The molecule has 2 heterocycles. The van der Waals surface area contributed by atoms with Crippen LogP contribution in [0.4, 0.5) is 0 Å². The topological polar surface area (TPSA) is 50.8 Å². The fourth-order valence-corrected chi connectivity index (χ4v) is 4.26. The Bertz CT molecular complexity index is 486. The number of hydrogen-bond acceptors (Lipinski definition) is 4. The molecule has 1 aromatic rings. The Morgan fingerprint density at radius 1 is 1.30 bits per heavy atom. The zero-order valence-electron chi connectivity index (χ0n) is 11.6. The predicted molar refractivity (Wildman–Crippen MR) is 76.9 cm³/mol. The van der Waals surface area contributed by atoms with Crippen LogP contribution in [0.15, 0.2) is 29.2 Å². The first kappa shape index (κ1) is 14.0. The second kappa shape index (κ2) is 5.81. The maximum absolute atomic E-state index is 12.8. The van der Waals surface area contributed by atoms with Gasteiger partial charge in [-0.3, -0.25) is 0 Å². The smallest absolute Gasteiger partial charge is 0.135 e. The van der Waals surface area contributed by atoms with E-state index in [1.807, 2.05) is 28.6 Å². The summed E-state index contributed by atoms with van der Waals surface area (Å²) in [5, 5.41) is 3.33. The van der Waals surface area contributed by atoms with Crippen molar-refractivity contribution in [2.45, 2.75) is 23.5 Å². The fraction of sp³-hybridized carbons (Fsp3) is 0.571. The number of hydrogen-bond donors (Lipinski definition) is 1. The van der Waals surface area contributed by atoms with Crippen molar-refractivity contribution < 1.29 is 13.7 Å². The lowest BCUT2D eigenvalue weighted by molar-refractivity contribution is -0.0689. The normalized spacial score (nSPS) is 23.9. The van der Waals surface area contributed by atoms with Gasteiger partial charge in [0.05, 0.1) is 18.6 Å². The van der Waals surface area contributed by atoms with Crippen molar-refractivity contribution in [3.8, 4) is 5.75 Å².